The van der Waals surface area contributed by atoms with Crippen molar-refractivity contribution in [2.75, 3.05) is 5.32 Å². The molecule has 1 N–H and O–H groups in total. The third kappa shape index (κ3) is 3.68. The number of rotatable bonds is 5. The minimum Gasteiger partial charge on any atom is -0.348 e. The van der Waals surface area contributed by atoms with Crippen molar-refractivity contribution in [3.63, 3.8) is 0 Å². The Morgan fingerprint density at radius 2 is 2.10 bits per heavy atom. The maximum Gasteiger partial charge on any atom is 0.250 e. The average molecular weight is 323 g/mol. The number of carbonyl (C=O) groups excluding carboxylic acids is 1. The van der Waals surface area contributed by atoms with Gasteiger partial charge < -0.3 is 5.32 Å². The summed E-state index contributed by atoms with van der Waals surface area (Å²) >= 11 is 7.10. The molecular formula is C14H11ClN2O3S. The summed E-state index contributed by atoms with van der Waals surface area (Å²) in [6, 6.07) is 8.78. The molecule has 0 saturated heterocycles. The summed E-state index contributed by atoms with van der Waals surface area (Å²) in [5.74, 6) is -0.173. The first-order valence-electron chi connectivity index (χ1n) is 5.95. The van der Waals surface area contributed by atoms with Crippen LogP contribution in [0.15, 0.2) is 42.7 Å². The molecule has 0 atom stereocenters. The summed E-state index contributed by atoms with van der Waals surface area (Å²) in [5, 5.41) is 13.5. The maximum atomic E-state index is 12.5. The Hall–Kier alpha value is -2.18. The van der Waals surface area contributed by atoms with E-state index in [-0.39, 0.29) is 5.78 Å². The molecule has 2 rings (SSSR count). The Balaban J connectivity index is 2.34. The number of thiophene rings is 1. The van der Waals surface area contributed by atoms with Crippen molar-refractivity contribution < 1.29 is 9.72 Å². The van der Waals surface area contributed by atoms with Crippen molar-refractivity contribution in [2.45, 2.75) is 6.92 Å². The van der Waals surface area contributed by atoms with Gasteiger partial charge in [-0.25, -0.2) is 0 Å². The van der Waals surface area contributed by atoms with Gasteiger partial charge in [-0.1, -0.05) is 35.9 Å². The lowest BCUT2D eigenvalue weighted by Gasteiger charge is -2.05. The van der Waals surface area contributed by atoms with Crippen molar-refractivity contribution in [1.82, 2.24) is 0 Å². The number of aryl methyl sites for hydroxylation is 1. The van der Waals surface area contributed by atoms with Crippen LogP contribution in [0.2, 0.25) is 4.34 Å². The molecule has 108 valence electrons. The van der Waals surface area contributed by atoms with Gasteiger partial charge in [-0.3, -0.25) is 14.9 Å². The molecule has 0 fully saturated rings. The average Bonchev–Trinajstić information content (AvgIpc) is 2.79. The Morgan fingerprint density at radius 3 is 2.76 bits per heavy atom. The number of ketones is 1. The molecule has 1 aromatic heterocycles. The molecule has 0 aliphatic heterocycles. The molecule has 0 spiro atoms. The fourth-order valence-electron chi connectivity index (χ4n) is 1.78. The van der Waals surface area contributed by atoms with Crippen LogP contribution >= 0.6 is 22.9 Å². The van der Waals surface area contributed by atoms with Gasteiger partial charge in [0.05, 0.1) is 21.0 Å². The van der Waals surface area contributed by atoms with E-state index < -0.39 is 4.92 Å². The van der Waals surface area contributed by atoms with Crippen LogP contribution in [0.1, 0.15) is 21.5 Å². The second kappa shape index (κ2) is 6.51. The highest BCUT2D eigenvalue weighted by atomic mass is 35.5. The number of nitrogens with zero attached hydrogens (tertiary/aromatic N) is 1. The van der Waals surface area contributed by atoms with Crippen molar-refractivity contribution >= 4 is 33.7 Å². The Labute approximate surface area is 130 Å². The third-order valence-corrected chi connectivity index (χ3v) is 3.94. The van der Waals surface area contributed by atoms with E-state index in [1.54, 1.807) is 18.2 Å². The molecule has 0 amide bonds. The number of benzene rings is 1. The first kappa shape index (κ1) is 15.2. The Bertz CT molecular complexity index is 725. The molecule has 5 nitrogen and oxygen atoms in total. The lowest BCUT2D eigenvalue weighted by atomic mass is 10.0. The van der Waals surface area contributed by atoms with Gasteiger partial charge in [0.1, 0.15) is 5.00 Å². The topological polar surface area (TPSA) is 72.2 Å². The van der Waals surface area contributed by atoms with Crippen LogP contribution in [0, 0.1) is 17.0 Å². The van der Waals surface area contributed by atoms with Gasteiger partial charge in [0, 0.05) is 5.56 Å². The highest BCUT2D eigenvalue weighted by Gasteiger charge is 2.18. The van der Waals surface area contributed by atoms with Crippen molar-refractivity contribution in [3.05, 3.63) is 73.9 Å². The zero-order valence-electron chi connectivity index (χ0n) is 11.0. The lowest BCUT2D eigenvalue weighted by molar-refractivity contribution is -0.402. The molecule has 0 aliphatic carbocycles. The van der Waals surface area contributed by atoms with E-state index in [0.717, 1.165) is 29.3 Å². The largest absolute Gasteiger partial charge is 0.348 e. The number of nitrogens with one attached hydrogen (secondary N) is 1. The van der Waals surface area contributed by atoms with Gasteiger partial charge in [-0.15, -0.1) is 11.3 Å². The highest BCUT2D eigenvalue weighted by Crippen LogP contribution is 2.33. The zero-order chi connectivity index (χ0) is 15.4. The minimum atomic E-state index is -0.592. The van der Waals surface area contributed by atoms with E-state index in [1.807, 2.05) is 19.1 Å². The summed E-state index contributed by atoms with van der Waals surface area (Å²) in [7, 11) is 0. The Kier molecular flexibility index (Phi) is 4.72. The SMILES string of the molecule is Cc1ccccc1C(=O)c1cc(Cl)sc1N/C=C/[N+](=O)[O-]. The van der Waals surface area contributed by atoms with Crippen molar-refractivity contribution in [1.29, 1.82) is 0 Å². The van der Waals surface area contributed by atoms with Crippen LogP contribution in [0.3, 0.4) is 0 Å². The zero-order valence-corrected chi connectivity index (χ0v) is 12.6. The van der Waals surface area contributed by atoms with Gasteiger partial charge in [0.15, 0.2) is 5.78 Å². The van der Waals surface area contributed by atoms with E-state index in [1.165, 1.54) is 0 Å². The quantitative estimate of drug-likeness (QED) is 0.511. The predicted molar refractivity (Wildman–Crippen MR) is 83.7 cm³/mol. The smallest absolute Gasteiger partial charge is 0.250 e. The van der Waals surface area contributed by atoms with Crippen LogP contribution in [0.4, 0.5) is 5.00 Å². The van der Waals surface area contributed by atoms with E-state index in [9.17, 15) is 14.9 Å². The molecule has 0 unspecified atom stereocenters. The van der Waals surface area contributed by atoms with Crippen molar-refractivity contribution in [3.8, 4) is 0 Å². The molecule has 0 aliphatic rings. The molecule has 2 aromatic rings. The molecule has 0 bridgehead atoms. The fraction of sp³-hybridized carbons (Fsp3) is 0.0714. The summed E-state index contributed by atoms with van der Waals surface area (Å²) in [6.45, 7) is 1.85. The first-order valence-corrected chi connectivity index (χ1v) is 7.15. The van der Waals surface area contributed by atoms with Crippen LogP contribution in [-0.4, -0.2) is 10.7 Å². The van der Waals surface area contributed by atoms with Gasteiger partial charge in [0.2, 0.25) is 6.20 Å². The van der Waals surface area contributed by atoms with E-state index in [2.05, 4.69) is 5.32 Å². The molecule has 21 heavy (non-hydrogen) atoms. The van der Waals surface area contributed by atoms with E-state index >= 15 is 0 Å². The highest BCUT2D eigenvalue weighted by molar-refractivity contribution is 7.20. The second-order valence-electron chi connectivity index (χ2n) is 4.18. The lowest BCUT2D eigenvalue weighted by Crippen LogP contribution is -2.04. The van der Waals surface area contributed by atoms with Gasteiger partial charge in [0.25, 0.3) is 0 Å². The summed E-state index contributed by atoms with van der Waals surface area (Å²) in [5.41, 5.74) is 1.83. The fourth-order valence-corrected chi connectivity index (χ4v) is 2.88. The standard InChI is InChI=1S/C14H11ClN2O3S/c1-9-4-2-3-5-10(9)13(18)11-8-12(15)21-14(11)16-6-7-17(19)20/h2-8,16H,1H3/b7-6+. The molecular weight excluding hydrogens is 312 g/mol. The summed E-state index contributed by atoms with van der Waals surface area (Å²) in [6.07, 6.45) is 1.92. The normalized spacial score (nSPS) is 10.8. The molecule has 7 heteroatoms. The first-order chi connectivity index (χ1) is 9.99. The monoisotopic (exact) mass is 322 g/mol. The number of halogens is 1. The Morgan fingerprint density at radius 1 is 1.38 bits per heavy atom. The number of anilines is 1. The van der Waals surface area contributed by atoms with Gasteiger partial charge in [-0.2, -0.15) is 0 Å². The maximum absolute atomic E-state index is 12.5. The van der Waals surface area contributed by atoms with Gasteiger partial charge >= 0.3 is 0 Å². The van der Waals surface area contributed by atoms with Gasteiger partial charge in [-0.05, 0) is 18.6 Å². The predicted octanol–water partition coefficient (Wildman–Crippen LogP) is 4.10. The summed E-state index contributed by atoms with van der Waals surface area (Å²) in [4.78, 5) is 22.2. The van der Waals surface area contributed by atoms with Crippen LogP contribution in [-0.2, 0) is 0 Å². The minimum absolute atomic E-state index is 0.173. The van der Waals surface area contributed by atoms with Crippen LogP contribution in [0.5, 0.6) is 0 Å². The molecule has 1 aromatic carbocycles. The number of hydrogen-bond donors (Lipinski definition) is 1. The third-order valence-electron chi connectivity index (χ3n) is 2.75. The number of nitro groups is 1. The van der Waals surface area contributed by atoms with Crippen LogP contribution < -0.4 is 5.32 Å². The second-order valence-corrected chi connectivity index (χ2v) is 5.87. The number of hydrogen-bond acceptors (Lipinski definition) is 5. The molecule has 1 heterocycles. The molecule has 0 saturated carbocycles. The number of carbonyl (C=O) groups is 1. The van der Waals surface area contributed by atoms with E-state index in [0.29, 0.717) is 20.5 Å². The summed E-state index contributed by atoms with van der Waals surface area (Å²) < 4.78 is 0.434. The molecule has 0 radical (unpaired) electrons. The van der Waals surface area contributed by atoms with E-state index in [4.69, 9.17) is 11.6 Å². The van der Waals surface area contributed by atoms with Crippen LogP contribution in [0.25, 0.3) is 0 Å². The van der Waals surface area contributed by atoms with Crippen molar-refractivity contribution in [2.24, 2.45) is 0 Å².